The van der Waals surface area contributed by atoms with E-state index in [0.29, 0.717) is 0 Å². The zero-order valence-electron chi connectivity index (χ0n) is 24.7. The van der Waals surface area contributed by atoms with Crippen LogP contribution in [-0.4, -0.2) is 37.3 Å². The third kappa shape index (κ3) is 7.31. The van der Waals surface area contributed by atoms with E-state index in [1.165, 1.54) is 55.7 Å². The number of hydrogen-bond acceptors (Lipinski definition) is 2. The maximum atomic E-state index is 4.89. The second-order valence-corrected chi connectivity index (χ2v) is 13.2. The number of halogens is 2. The second-order valence-electron chi connectivity index (χ2n) is 10.6. The van der Waals surface area contributed by atoms with Crippen molar-refractivity contribution >= 4 is 51.8 Å². The third-order valence-corrected chi connectivity index (χ3v) is 7.57. The monoisotopic (exact) mass is 620 g/mol. The number of para-hydroxylation sites is 2. The summed E-state index contributed by atoms with van der Waals surface area (Å²) < 4.78 is 4.59. The number of benzene rings is 2. The molecule has 0 saturated carbocycles. The molecule has 0 aliphatic heterocycles. The van der Waals surface area contributed by atoms with E-state index in [9.17, 15) is 0 Å². The molecule has 41 heavy (non-hydrogen) atoms. The zero-order valence-corrected chi connectivity index (χ0v) is 27.8. The van der Waals surface area contributed by atoms with Gasteiger partial charge in [0.15, 0.2) is 0 Å². The number of rotatable bonds is 6. The van der Waals surface area contributed by atoms with Crippen LogP contribution in [0.4, 0.5) is 11.4 Å². The molecular weight excluding hydrogens is 583 g/mol. The van der Waals surface area contributed by atoms with Crippen molar-refractivity contribution in [2.24, 2.45) is 14.1 Å². The van der Waals surface area contributed by atoms with Gasteiger partial charge in [-0.15, -0.1) is 11.1 Å². The van der Waals surface area contributed by atoms with Gasteiger partial charge in [0.05, 0.1) is 0 Å². The summed E-state index contributed by atoms with van der Waals surface area (Å²) in [5.74, 6) is 0. The fourth-order valence-electron chi connectivity index (χ4n) is 5.49. The summed E-state index contributed by atoms with van der Waals surface area (Å²) in [6.07, 6.45) is 1.96. The van der Waals surface area contributed by atoms with Crippen LogP contribution in [0.1, 0.15) is 22.5 Å². The Kier molecular flexibility index (Phi) is 10.9. The van der Waals surface area contributed by atoms with Crippen LogP contribution in [-0.2, 0) is 44.0 Å². The molecule has 214 valence electrons. The summed E-state index contributed by atoms with van der Waals surface area (Å²) >= 11 is -0.556. The summed E-state index contributed by atoms with van der Waals surface area (Å²) in [6, 6.07) is 34.7. The Hall–Kier alpha value is -2.89. The number of nitrogens with zero attached hydrogens (tertiary/aromatic N) is 4. The molecule has 6 aromatic rings. The van der Waals surface area contributed by atoms with Gasteiger partial charge in [0.1, 0.15) is 0 Å². The van der Waals surface area contributed by atoms with Gasteiger partial charge in [-0.2, -0.15) is 12.1 Å². The van der Waals surface area contributed by atoms with E-state index in [1.807, 2.05) is 0 Å². The van der Waals surface area contributed by atoms with Crippen molar-refractivity contribution in [3.63, 3.8) is 0 Å². The molecule has 4 aromatic carbocycles. The standard InChI is InChI=1S/2C17H19N2.2ClH.Ti/c2*1-18(2)16-10-6-8-13(16)11-15-12-14-7-4-5-9-17(14)19(15)3;;;/h2*4-10,12H,11H2,1-3H3;2*1H;/q2*-1;;;+2/p-2. The number of fused-ring (bicyclic) bond motifs is 2. The van der Waals surface area contributed by atoms with Crippen LogP contribution in [0.2, 0.25) is 0 Å². The van der Waals surface area contributed by atoms with E-state index in [0.717, 1.165) is 12.8 Å². The van der Waals surface area contributed by atoms with Crippen molar-refractivity contribution in [3.05, 3.63) is 120 Å². The van der Waals surface area contributed by atoms with Gasteiger partial charge >= 0.3 is 35.6 Å². The molecule has 0 fully saturated rings. The molecule has 0 atom stereocenters. The van der Waals surface area contributed by atoms with Gasteiger partial charge in [-0.25, -0.2) is 24.3 Å². The van der Waals surface area contributed by atoms with E-state index in [1.54, 1.807) is 0 Å². The quantitative estimate of drug-likeness (QED) is 0.137. The summed E-state index contributed by atoms with van der Waals surface area (Å²) in [5, 5.41) is 2.64. The van der Waals surface area contributed by atoms with Crippen molar-refractivity contribution in [3.8, 4) is 0 Å². The molecule has 6 rings (SSSR count). The number of anilines is 2. The van der Waals surface area contributed by atoms with Crippen LogP contribution in [0, 0.1) is 0 Å². The molecule has 0 aliphatic rings. The van der Waals surface area contributed by atoms with Crippen molar-refractivity contribution in [1.29, 1.82) is 0 Å². The average molecular weight is 621 g/mol. The molecule has 2 heterocycles. The molecule has 7 heteroatoms. The van der Waals surface area contributed by atoms with Gasteiger partial charge < -0.3 is 18.9 Å². The normalized spacial score (nSPS) is 10.6. The summed E-state index contributed by atoms with van der Waals surface area (Å²) in [7, 11) is 22.5. The van der Waals surface area contributed by atoms with Crippen LogP contribution < -0.4 is 9.80 Å². The average Bonchev–Trinajstić information content (AvgIpc) is 3.74. The fourth-order valence-corrected chi connectivity index (χ4v) is 5.49. The van der Waals surface area contributed by atoms with Crippen molar-refractivity contribution in [1.82, 2.24) is 9.13 Å². The molecule has 0 saturated heterocycles. The molecule has 0 N–H and O–H groups in total. The first-order valence-corrected chi connectivity index (χ1v) is 17.9. The molecule has 0 amide bonds. The Morgan fingerprint density at radius 2 is 0.976 bits per heavy atom. The predicted octanol–water partition coefficient (Wildman–Crippen LogP) is 8.48. The zero-order chi connectivity index (χ0) is 29.5. The fraction of sp³-hybridized carbons (Fsp3) is 0.235. The van der Waals surface area contributed by atoms with Gasteiger partial charge in [-0.3, -0.25) is 0 Å². The Bertz CT molecular complexity index is 1560. The van der Waals surface area contributed by atoms with Crippen molar-refractivity contribution in [2.75, 3.05) is 38.0 Å². The second kappa shape index (κ2) is 14.3. The minimum absolute atomic E-state index is 0.556. The molecule has 0 radical (unpaired) electrons. The Morgan fingerprint density at radius 3 is 1.32 bits per heavy atom. The van der Waals surface area contributed by atoms with Gasteiger partial charge in [-0.1, -0.05) is 47.8 Å². The number of aromatic nitrogens is 2. The topological polar surface area (TPSA) is 16.3 Å². The molecule has 4 nitrogen and oxygen atoms in total. The van der Waals surface area contributed by atoms with Crippen molar-refractivity contribution < 1.29 is 17.0 Å². The van der Waals surface area contributed by atoms with Crippen LogP contribution in [0.3, 0.4) is 0 Å². The molecule has 2 aromatic heterocycles. The molecular formula is C34H38Cl2N4Ti-2. The van der Waals surface area contributed by atoms with E-state index in [-0.39, 0.29) is 0 Å². The third-order valence-electron chi connectivity index (χ3n) is 7.57. The minimum atomic E-state index is -0.556. The summed E-state index contributed by atoms with van der Waals surface area (Å²) in [5.41, 5.74) is 10.7. The predicted molar refractivity (Wildman–Crippen MR) is 176 cm³/mol. The van der Waals surface area contributed by atoms with Crippen LogP contribution in [0.5, 0.6) is 0 Å². The Morgan fingerprint density at radius 1 is 0.610 bits per heavy atom. The molecule has 0 aliphatic carbocycles. The number of hydrogen-bond donors (Lipinski definition) is 0. The molecule has 0 unspecified atom stereocenters. The molecule has 0 spiro atoms. The van der Waals surface area contributed by atoms with E-state index in [4.69, 9.17) is 18.6 Å². The first-order valence-electron chi connectivity index (χ1n) is 13.6. The van der Waals surface area contributed by atoms with E-state index >= 15 is 0 Å². The van der Waals surface area contributed by atoms with Gasteiger partial charge in [0, 0.05) is 36.5 Å². The van der Waals surface area contributed by atoms with Crippen LogP contribution >= 0.6 is 18.6 Å². The summed E-state index contributed by atoms with van der Waals surface area (Å²) in [6.45, 7) is 0. The van der Waals surface area contributed by atoms with Crippen LogP contribution in [0.25, 0.3) is 21.8 Å². The van der Waals surface area contributed by atoms with Gasteiger partial charge in [-0.05, 0) is 76.1 Å². The van der Waals surface area contributed by atoms with Gasteiger partial charge in [0.2, 0.25) is 0 Å². The first kappa shape index (κ1) is 31.1. The van der Waals surface area contributed by atoms with E-state index < -0.39 is 17.0 Å². The van der Waals surface area contributed by atoms with Crippen LogP contribution in [0.15, 0.2) is 97.1 Å². The van der Waals surface area contributed by atoms with Crippen molar-refractivity contribution in [2.45, 2.75) is 12.8 Å². The maximum absolute atomic E-state index is 4.89. The Balaban J connectivity index is 0.000000173. The van der Waals surface area contributed by atoms with E-state index in [2.05, 4.69) is 158 Å². The summed E-state index contributed by atoms with van der Waals surface area (Å²) in [4.78, 5) is 4.36. The Labute approximate surface area is 261 Å². The SMILES string of the molecule is CN(C)[c-]1cccc1Cc1cc2ccccc2n1C.CN(C)[c-]1cccc1Cc1cc2ccccc2n1C.[Cl][Ti][Cl]. The molecule has 0 bridgehead atoms. The number of aryl methyl sites for hydroxylation is 2. The first-order chi connectivity index (χ1) is 19.7. The van der Waals surface area contributed by atoms with Gasteiger partial charge in [0.25, 0.3) is 0 Å².